The molecule has 1 N–H and O–H groups in total. The molecule has 19 heavy (non-hydrogen) atoms. The van der Waals surface area contributed by atoms with Crippen LogP contribution in [0, 0.1) is 6.92 Å². The summed E-state index contributed by atoms with van der Waals surface area (Å²) in [6.45, 7) is 2.61. The van der Waals surface area contributed by atoms with E-state index in [9.17, 15) is 0 Å². The Balaban J connectivity index is 1.75. The first-order valence-corrected chi connectivity index (χ1v) is 6.25. The molecule has 0 unspecified atom stereocenters. The molecule has 5 nitrogen and oxygen atoms in total. The average Bonchev–Trinajstić information content (AvgIpc) is 2.77. The van der Waals surface area contributed by atoms with Crippen LogP contribution in [0.1, 0.15) is 11.3 Å². The highest BCUT2D eigenvalue weighted by Gasteiger charge is 2.01. The quantitative estimate of drug-likeness (QED) is 0.746. The van der Waals surface area contributed by atoms with Gasteiger partial charge in [-0.2, -0.15) is 5.10 Å². The Hall–Kier alpha value is -2.14. The molecule has 0 saturated carbocycles. The van der Waals surface area contributed by atoms with E-state index in [0.29, 0.717) is 11.7 Å². The van der Waals surface area contributed by atoms with E-state index in [1.54, 1.807) is 16.8 Å². The molecule has 3 rings (SSSR count). The van der Waals surface area contributed by atoms with Crippen molar-refractivity contribution in [2.45, 2.75) is 13.5 Å². The SMILES string of the molecule is Cc1cc2ncc(CNc3ccc(Cl)nc3)cn2n1. The van der Waals surface area contributed by atoms with E-state index in [1.165, 1.54) is 0 Å². The summed E-state index contributed by atoms with van der Waals surface area (Å²) in [5, 5.41) is 8.08. The molecule has 3 aromatic heterocycles. The maximum atomic E-state index is 5.74. The second-order valence-corrected chi connectivity index (χ2v) is 4.66. The molecule has 0 amide bonds. The smallest absolute Gasteiger partial charge is 0.155 e. The van der Waals surface area contributed by atoms with Crippen molar-refractivity contribution in [3.8, 4) is 0 Å². The lowest BCUT2D eigenvalue weighted by atomic mass is 10.3. The topological polar surface area (TPSA) is 55.1 Å². The van der Waals surface area contributed by atoms with Gasteiger partial charge in [0.15, 0.2) is 5.65 Å². The molecule has 6 heteroatoms. The third-order valence-electron chi connectivity index (χ3n) is 2.71. The van der Waals surface area contributed by atoms with Gasteiger partial charge in [0.05, 0.1) is 17.6 Å². The number of nitrogens with zero attached hydrogens (tertiary/aromatic N) is 4. The van der Waals surface area contributed by atoms with Gasteiger partial charge in [-0.3, -0.25) is 0 Å². The number of hydrogen-bond donors (Lipinski definition) is 1. The van der Waals surface area contributed by atoms with Gasteiger partial charge in [-0.25, -0.2) is 14.5 Å². The number of pyridine rings is 1. The number of aryl methyl sites for hydroxylation is 1. The van der Waals surface area contributed by atoms with Crippen LogP contribution in [-0.4, -0.2) is 19.6 Å². The number of halogens is 1. The number of fused-ring (bicyclic) bond motifs is 1. The van der Waals surface area contributed by atoms with Gasteiger partial charge < -0.3 is 5.32 Å². The van der Waals surface area contributed by atoms with Crippen LogP contribution in [0.2, 0.25) is 5.15 Å². The minimum absolute atomic E-state index is 0.487. The van der Waals surface area contributed by atoms with E-state index in [1.807, 2.05) is 31.5 Å². The maximum Gasteiger partial charge on any atom is 0.155 e. The molecule has 0 atom stereocenters. The van der Waals surface area contributed by atoms with E-state index >= 15 is 0 Å². The highest BCUT2D eigenvalue weighted by atomic mass is 35.5. The van der Waals surface area contributed by atoms with E-state index in [0.717, 1.165) is 22.6 Å². The van der Waals surface area contributed by atoms with Crippen molar-refractivity contribution in [1.82, 2.24) is 19.6 Å². The molecule has 0 aliphatic heterocycles. The van der Waals surface area contributed by atoms with Crippen molar-refractivity contribution < 1.29 is 0 Å². The standard InChI is InChI=1S/C13H12ClN5/c1-9-4-13-17-6-10(8-19(13)18-9)5-15-11-2-3-12(14)16-7-11/h2-4,6-8,15H,5H2,1H3. The molecule has 0 spiro atoms. The monoisotopic (exact) mass is 273 g/mol. The summed E-state index contributed by atoms with van der Waals surface area (Å²) in [6, 6.07) is 5.59. The van der Waals surface area contributed by atoms with Crippen molar-refractivity contribution in [2.24, 2.45) is 0 Å². The predicted octanol–water partition coefficient (Wildman–Crippen LogP) is 2.70. The van der Waals surface area contributed by atoms with Crippen LogP contribution in [0.4, 0.5) is 5.69 Å². The molecular formula is C13H12ClN5. The summed E-state index contributed by atoms with van der Waals surface area (Å²) in [7, 11) is 0. The van der Waals surface area contributed by atoms with Crippen LogP contribution in [0.25, 0.3) is 5.65 Å². The fourth-order valence-electron chi connectivity index (χ4n) is 1.81. The zero-order valence-electron chi connectivity index (χ0n) is 10.3. The van der Waals surface area contributed by atoms with Gasteiger partial charge in [0.25, 0.3) is 0 Å². The predicted molar refractivity (Wildman–Crippen MR) is 74.3 cm³/mol. The van der Waals surface area contributed by atoms with Gasteiger partial charge in [-0.15, -0.1) is 0 Å². The summed E-state index contributed by atoms with van der Waals surface area (Å²) < 4.78 is 1.78. The lowest BCUT2D eigenvalue weighted by molar-refractivity contribution is 0.895. The molecular weight excluding hydrogens is 262 g/mol. The highest BCUT2D eigenvalue weighted by molar-refractivity contribution is 6.29. The van der Waals surface area contributed by atoms with Gasteiger partial charge in [0.1, 0.15) is 5.15 Å². The first-order chi connectivity index (χ1) is 9.20. The summed E-state index contributed by atoms with van der Waals surface area (Å²) in [5.41, 5.74) is 3.78. The minimum Gasteiger partial charge on any atom is -0.380 e. The summed E-state index contributed by atoms with van der Waals surface area (Å²) in [6.07, 6.45) is 5.50. The van der Waals surface area contributed by atoms with Gasteiger partial charge >= 0.3 is 0 Å². The Morgan fingerprint density at radius 1 is 1.26 bits per heavy atom. The zero-order valence-corrected chi connectivity index (χ0v) is 11.1. The fraction of sp³-hybridized carbons (Fsp3) is 0.154. The molecule has 0 bridgehead atoms. The van der Waals surface area contributed by atoms with Gasteiger partial charge in [0, 0.05) is 30.6 Å². The summed E-state index contributed by atoms with van der Waals surface area (Å²) in [4.78, 5) is 8.37. The minimum atomic E-state index is 0.487. The third-order valence-corrected chi connectivity index (χ3v) is 2.94. The first kappa shape index (κ1) is 11.9. The normalized spacial score (nSPS) is 10.8. The maximum absolute atomic E-state index is 5.74. The van der Waals surface area contributed by atoms with Crippen LogP contribution < -0.4 is 5.32 Å². The van der Waals surface area contributed by atoms with E-state index in [4.69, 9.17) is 11.6 Å². The molecule has 0 aliphatic rings. The van der Waals surface area contributed by atoms with Crippen LogP contribution in [-0.2, 0) is 6.54 Å². The van der Waals surface area contributed by atoms with Crippen molar-refractivity contribution in [1.29, 1.82) is 0 Å². The van der Waals surface area contributed by atoms with Crippen LogP contribution >= 0.6 is 11.6 Å². The third kappa shape index (κ3) is 2.66. The molecule has 3 aromatic rings. The van der Waals surface area contributed by atoms with Crippen molar-refractivity contribution >= 4 is 22.9 Å². The Morgan fingerprint density at radius 3 is 2.95 bits per heavy atom. The first-order valence-electron chi connectivity index (χ1n) is 5.87. The lowest BCUT2D eigenvalue weighted by Gasteiger charge is -2.06. The second kappa shape index (κ2) is 4.85. The van der Waals surface area contributed by atoms with Crippen molar-refractivity contribution in [2.75, 3.05) is 5.32 Å². The van der Waals surface area contributed by atoms with E-state index in [2.05, 4.69) is 20.4 Å². The highest BCUT2D eigenvalue weighted by Crippen LogP contribution is 2.11. The van der Waals surface area contributed by atoms with Crippen molar-refractivity contribution in [3.63, 3.8) is 0 Å². The van der Waals surface area contributed by atoms with E-state index in [-0.39, 0.29) is 0 Å². The number of hydrogen-bond acceptors (Lipinski definition) is 4. The van der Waals surface area contributed by atoms with Gasteiger partial charge in [-0.1, -0.05) is 11.6 Å². The molecule has 0 saturated heterocycles. The second-order valence-electron chi connectivity index (χ2n) is 4.27. The van der Waals surface area contributed by atoms with Gasteiger partial charge in [0.2, 0.25) is 0 Å². The van der Waals surface area contributed by atoms with Crippen molar-refractivity contribution in [3.05, 3.63) is 53.2 Å². The Bertz CT molecular complexity index is 705. The van der Waals surface area contributed by atoms with E-state index < -0.39 is 0 Å². The fourth-order valence-corrected chi connectivity index (χ4v) is 1.92. The zero-order chi connectivity index (χ0) is 13.2. The Labute approximate surface area is 115 Å². The molecule has 96 valence electrons. The van der Waals surface area contributed by atoms with Gasteiger partial charge in [-0.05, 0) is 19.1 Å². The number of aromatic nitrogens is 4. The number of anilines is 1. The van der Waals surface area contributed by atoms with Crippen LogP contribution in [0.5, 0.6) is 0 Å². The molecule has 3 heterocycles. The molecule has 0 fully saturated rings. The molecule has 0 aromatic carbocycles. The largest absolute Gasteiger partial charge is 0.380 e. The Kier molecular flexibility index (Phi) is 3.05. The molecule has 0 aliphatic carbocycles. The number of rotatable bonds is 3. The Morgan fingerprint density at radius 2 is 2.16 bits per heavy atom. The van der Waals surface area contributed by atoms with Crippen LogP contribution in [0.15, 0.2) is 36.8 Å². The van der Waals surface area contributed by atoms with Crippen LogP contribution in [0.3, 0.4) is 0 Å². The average molecular weight is 274 g/mol. The molecule has 0 radical (unpaired) electrons. The summed E-state index contributed by atoms with van der Waals surface area (Å²) in [5.74, 6) is 0. The summed E-state index contributed by atoms with van der Waals surface area (Å²) >= 11 is 5.74. The lowest BCUT2D eigenvalue weighted by Crippen LogP contribution is -2.02. The number of nitrogens with one attached hydrogen (secondary N) is 1.